The van der Waals surface area contributed by atoms with Gasteiger partial charge in [0.1, 0.15) is 6.04 Å². The Kier molecular flexibility index (Phi) is 5.31. The predicted octanol–water partition coefficient (Wildman–Crippen LogP) is 2.56. The van der Waals surface area contributed by atoms with E-state index in [0.717, 1.165) is 0 Å². The van der Waals surface area contributed by atoms with Crippen LogP contribution in [-0.2, 0) is 4.79 Å². The van der Waals surface area contributed by atoms with Gasteiger partial charge in [-0.2, -0.15) is 0 Å². The van der Waals surface area contributed by atoms with E-state index in [4.69, 9.17) is 0 Å². The van der Waals surface area contributed by atoms with Crippen molar-refractivity contribution in [3.05, 3.63) is 71.3 Å². The molecule has 0 bridgehead atoms. The van der Waals surface area contributed by atoms with Crippen LogP contribution in [0, 0.1) is 12.8 Å². The SMILES string of the molecule is Cc1ccc([C@H]([NH2+]CC(=O)N[C@H](C)C2CC2)c2ccccc2)cc1. The molecule has 0 spiro atoms. The number of nitrogens with two attached hydrogens (primary N) is 1. The molecule has 3 nitrogen and oxygen atoms in total. The topological polar surface area (TPSA) is 45.7 Å². The van der Waals surface area contributed by atoms with Crippen LogP contribution in [0.15, 0.2) is 54.6 Å². The zero-order chi connectivity index (χ0) is 16.9. The predicted molar refractivity (Wildman–Crippen MR) is 96.6 cm³/mol. The zero-order valence-electron chi connectivity index (χ0n) is 14.5. The van der Waals surface area contributed by atoms with E-state index in [9.17, 15) is 4.79 Å². The Morgan fingerprint density at radius 3 is 2.33 bits per heavy atom. The molecular formula is C21H27N2O+. The summed E-state index contributed by atoms with van der Waals surface area (Å²) in [5.41, 5.74) is 3.71. The van der Waals surface area contributed by atoms with Crippen molar-refractivity contribution in [2.24, 2.45) is 5.92 Å². The monoisotopic (exact) mass is 323 g/mol. The Morgan fingerprint density at radius 1 is 1.08 bits per heavy atom. The van der Waals surface area contributed by atoms with Crippen LogP contribution in [0.5, 0.6) is 0 Å². The second-order valence-corrected chi connectivity index (χ2v) is 6.93. The Balaban J connectivity index is 1.68. The normalized spacial score (nSPS) is 16.4. The van der Waals surface area contributed by atoms with Gasteiger partial charge in [-0.3, -0.25) is 4.79 Å². The molecule has 1 amide bonds. The van der Waals surface area contributed by atoms with Crippen LogP contribution in [0.25, 0.3) is 0 Å². The van der Waals surface area contributed by atoms with Gasteiger partial charge in [-0.1, -0.05) is 60.2 Å². The van der Waals surface area contributed by atoms with Gasteiger partial charge in [-0.15, -0.1) is 0 Å². The first-order valence-electron chi connectivity index (χ1n) is 8.87. The molecular weight excluding hydrogens is 296 g/mol. The van der Waals surface area contributed by atoms with E-state index in [-0.39, 0.29) is 11.9 Å². The molecule has 2 aromatic carbocycles. The molecule has 1 fully saturated rings. The Labute approximate surface area is 144 Å². The number of carbonyl (C=O) groups is 1. The number of nitrogens with one attached hydrogen (secondary N) is 1. The van der Waals surface area contributed by atoms with Gasteiger partial charge in [0, 0.05) is 17.2 Å². The van der Waals surface area contributed by atoms with E-state index < -0.39 is 0 Å². The van der Waals surface area contributed by atoms with Crippen LogP contribution in [0.3, 0.4) is 0 Å². The maximum absolute atomic E-state index is 12.3. The lowest BCUT2D eigenvalue weighted by atomic mass is 9.98. The first kappa shape index (κ1) is 16.7. The maximum atomic E-state index is 12.3. The van der Waals surface area contributed by atoms with E-state index in [2.05, 4.69) is 73.0 Å². The van der Waals surface area contributed by atoms with Gasteiger partial charge in [0.25, 0.3) is 5.91 Å². The summed E-state index contributed by atoms with van der Waals surface area (Å²) in [4.78, 5) is 12.3. The highest BCUT2D eigenvalue weighted by Crippen LogP contribution is 2.32. The fraction of sp³-hybridized carbons (Fsp3) is 0.381. The lowest BCUT2D eigenvalue weighted by Gasteiger charge is -2.18. The third-order valence-electron chi connectivity index (χ3n) is 4.85. The molecule has 24 heavy (non-hydrogen) atoms. The second-order valence-electron chi connectivity index (χ2n) is 6.93. The van der Waals surface area contributed by atoms with Crippen molar-refractivity contribution >= 4 is 5.91 Å². The number of aryl methyl sites for hydroxylation is 1. The molecule has 0 saturated heterocycles. The van der Waals surface area contributed by atoms with Crippen LogP contribution in [0.1, 0.15) is 42.5 Å². The van der Waals surface area contributed by atoms with E-state index in [1.54, 1.807) is 0 Å². The Morgan fingerprint density at radius 2 is 1.71 bits per heavy atom. The Hall–Kier alpha value is -2.13. The number of carbonyl (C=O) groups excluding carboxylic acids is 1. The van der Waals surface area contributed by atoms with Gasteiger partial charge in [-0.25, -0.2) is 0 Å². The largest absolute Gasteiger partial charge is 0.348 e. The van der Waals surface area contributed by atoms with Crippen LogP contribution in [0.2, 0.25) is 0 Å². The third kappa shape index (κ3) is 4.45. The first-order chi connectivity index (χ1) is 11.6. The number of quaternary nitrogens is 1. The van der Waals surface area contributed by atoms with Crippen molar-refractivity contribution < 1.29 is 10.1 Å². The minimum atomic E-state index is 0.127. The summed E-state index contributed by atoms with van der Waals surface area (Å²) in [6.07, 6.45) is 2.50. The smallest absolute Gasteiger partial charge is 0.275 e. The minimum absolute atomic E-state index is 0.127. The molecule has 0 unspecified atom stereocenters. The summed E-state index contributed by atoms with van der Waals surface area (Å²) in [6.45, 7) is 4.66. The fourth-order valence-corrected chi connectivity index (χ4v) is 3.15. The molecule has 3 heteroatoms. The zero-order valence-corrected chi connectivity index (χ0v) is 14.5. The molecule has 126 valence electrons. The summed E-state index contributed by atoms with van der Waals surface area (Å²) in [5.74, 6) is 0.818. The van der Waals surface area contributed by atoms with Crippen molar-refractivity contribution in [3.8, 4) is 0 Å². The number of amides is 1. The molecule has 1 saturated carbocycles. The highest BCUT2D eigenvalue weighted by Gasteiger charge is 2.29. The van der Waals surface area contributed by atoms with Crippen molar-refractivity contribution in [2.75, 3.05) is 6.54 Å². The van der Waals surface area contributed by atoms with E-state index in [1.165, 1.54) is 29.5 Å². The van der Waals surface area contributed by atoms with Crippen LogP contribution in [0.4, 0.5) is 0 Å². The number of benzene rings is 2. The number of hydrogen-bond donors (Lipinski definition) is 2. The molecule has 0 aliphatic heterocycles. The quantitative estimate of drug-likeness (QED) is 0.808. The summed E-state index contributed by atoms with van der Waals surface area (Å²) >= 11 is 0. The maximum Gasteiger partial charge on any atom is 0.275 e. The summed E-state index contributed by atoms with van der Waals surface area (Å²) < 4.78 is 0. The highest BCUT2D eigenvalue weighted by molar-refractivity contribution is 5.77. The summed E-state index contributed by atoms with van der Waals surface area (Å²) in [6, 6.07) is 19.4. The van der Waals surface area contributed by atoms with E-state index in [1.807, 2.05) is 6.07 Å². The highest BCUT2D eigenvalue weighted by atomic mass is 16.2. The van der Waals surface area contributed by atoms with Gasteiger partial charge in [0.05, 0.1) is 0 Å². The van der Waals surface area contributed by atoms with Gasteiger partial charge >= 0.3 is 0 Å². The number of hydrogen-bond acceptors (Lipinski definition) is 1. The molecule has 0 radical (unpaired) electrons. The van der Waals surface area contributed by atoms with E-state index >= 15 is 0 Å². The number of rotatable bonds is 7. The summed E-state index contributed by atoms with van der Waals surface area (Å²) in [5, 5.41) is 5.27. The molecule has 3 rings (SSSR count). The van der Waals surface area contributed by atoms with Crippen molar-refractivity contribution in [1.82, 2.24) is 5.32 Å². The van der Waals surface area contributed by atoms with Crippen molar-refractivity contribution in [2.45, 2.75) is 38.8 Å². The summed E-state index contributed by atoms with van der Waals surface area (Å²) in [7, 11) is 0. The fourth-order valence-electron chi connectivity index (χ4n) is 3.15. The molecule has 0 heterocycles. The second kappa shape index (κ2) is 7.63. The lowest BCUT2D eigenvalue weighted by Crippen LogP contribution is -2.87. The molecule has 2 aromatic rings. The van der Waals surface area contributed by atoms with Crippen LogP contribution < -0.4 is 10.6 Å². The minimum Gasteiger partial charge on any atom is -0.348 e. The lowest BCUT2D eigenvalue weighted by molar-refractivity contribution is -0.676. The van der Waals surface area contributed by atoms with Crippen LogP contribution in [-0.4, -0.2) is 18.5 Å². The van der Waals surface area contributed by atoms with Gasteiger partial charge in [0.2, 0.25) is 0 Å². The Bertz CT molecular complexity index is 662. The van der Waals surface area contributed by atoms with Crippen LogP contribution >= 0.6 is 0 Å². The molecule has 3 N–H and O–H groups in total. The molecule has 0 aromatic heterocycles. The molecule has 1 aliphatic rings. The standard InChI is InChI=1S/C21H26N2O/c1-15-8-10-19(11-9-15)21(18-6-4-3-5-7-18)22-14-20(24)23-16(2)17-12-13-17/h3-11,16-17,21-22H,12-14H2,1-2H3,(H,23,24)/p+1/t16-,21-/m1/s1. The van der Waals surface area contributed by atoms with Crippen molar-refractivity contribution in [3.63, 3.8) is 0 Å². The van der Waals surface area contributed by atoms with Gasteiger partial charge < -0.3 is 10.6 Å². The first-order valence-corrected chi connectivity index (χ1v) is 8.87. The van der Waals surface area contributed by atoms with Gasteiger partial charge in [-0.05, 0) is 32.6 Å². The average molecular weight is 323 g/mol. The van der Waals surface area contributed by atoms with Gasteiger partial charge in [0.15, 0.2) is 6.54 Å². The van der Waals surface area contributed by atoms with E-state index in [0.29, 0.717) is 18.5 Å². The third-order valence-corrected chi connectivity index (χ3v) is 4.85. The molecule has 1 aliphatic carbocycles. The van der Waals surface area contributed by atoms with Crippen molar-refractivity contribution in [1.29, 1.82) is 0 Å². The average Bonchev–Trinajstić information content (AvgIpc) is 3.42. The molecule has 2 atom stereocenters.